The Hall–Kier alpha value is -2.52. The van der Waals surface area contributed by atoms with Gasteiger partial charge >= 0.3 is 0 Å². The van der Waals surface area contributed by atoms with E-state index in [9.17, 15) is 10.2 Å². The van der Waals surface area contributed by atoms with Gasteiger partial charge in [0, 0.05) is 6.54 Å². The Labute approximate surface area is 141 Å². The lowest BCUT2D eigenvalue weighted by molar-refractivity contribution is 0.359. The van der Waals surface area contributed by atoms with Crippen LogP contribution in [0, 0.1) is 0 Å². The fourth-order valence-electron chi connectivity index (χ4n) is 4.07. The van der Waals surface area contributed by atoms with E-state index in [1.165, 1.54) is 16.3 Å². The fraction of sp³-hybridized carbons (Fsp3) is 0.238. The van der Waals surface area contributed by atoms with Crippen LogP contribution in [0.1, 0.15) is 30.0 Å². The van der Waals surface area contributed by atoms with E-state index < -0.39 is 0 Å². The Morgan fingerprint density at radius 3 is 2.54 bits per heavy atom. The molecule has 3 heteroatoms. The summed E-state index contributed by atoms with van der Waals surface area (Å²) < 4.78 is 0. The predicted molar refractivity (Wildman–Crippen MR) is 96.5 cm³/mol. The van der Waals surface area contributed by atoms with Crippen LogP contribution in [0.4, 0.5) is 0 Å². The van der Waals surface area contributed by atoms with Crippen LogP contribution in [0.3, 0.4) is 0 Å². The van der Waals surface area contributed by atoms with E-state index in [2.05, 4.69) is 54.7 Å². The Morgan fingerprint density at radius 1 is 0.958 bits per heavy atom. The van der Waals surface area contributed by atoms with Gasteiger partial charge in [0.15, 0.2) is 11.5 Å². The van der Waals surface area contributed by atoms with Gasteiger partial charge in [-0.05, 0) is 52.4 Å². The fourth-order valence-corrected chi connectivity index (χ4v) is 4.07. The van der Waals surface area contributed by atoms with Crippen molar-refractivity contribution in [3.05, 3.63) is 71.3 Å². The average Bonchev–Trinajstić information content (AvgIpc) is 2.62. The van der Waals surface area contributed by atoms with Gasteiger partial charge in [-0.3, -0.25) is 0 Å². The SMILES string of the molecule is CCC1(c2cccc3ccccc23)NCCc2cc(O)c(O)cc21. The van der Waals surface area contributed by atoms with Crippen molar-refractivity contribution in [2.45, 2.75) is 25.3 Å². The Balaban J connectivity index is 2.04. The van der Waals surface area contributed by atoms with Crippen LogP contribution in [-0.4, -0.2) is 16.8 Å². The van der Waals surface area contributed by atoms with E-state index in [4.69, 9.17) is 0 Å². The number of hydrogen-bond donors (Lipinski definition) is 3. The quantitative estimate of drug-likeness (QED) is 0.625. The van der Waals surface area contributed by atoms with Crippen molar-refractivity contribution in [2.75, 3.05) is 6.54 Å². The second-order valence-electron chi connectivity index (χ2n) is 6.46. The molecule has 3 aromatic rings. The van der Waals surface area contributed by atoms with Gasteiger partial charge < -0.3 is 15.5 Å². The summed E-state index contributed by atoms with van der Waals surface area (Å²) in [6, 6.07) is 18.2. The summed E-state index contributed by atoms with van der Waals surface area (Å²) in [5, 5.41) is 26.1. The van der Waals surface area contributed by atoms with Gasteiger partial charge in [0.1, 0.15) is 0 Å². The van der Waals surface area contributed by atoms with Crippen molar-refractivity contribution in [1.29, 1.82) is 0 Å². The molecule has 0 fully saturated rings. The first kappa shape index (κ1) is 15.0. The van der Waals surface area contributed by atoms with Crippen LogP contribution < -0.4 is 5.32 Å². The van der Waals surface area contributed by atoms with E-state index in [0.29, 0.717) is 0 Å². The van der Waals surface area contributed by atoms with Gasteiger partial charge in [0.2, 0.25) is 0 Å². The van der Waals surface area contributed by atoms with Crippen LogP contribution in [0.2, 0.25) is 0 Å². The zero-order valence-corrected chi connectivity index (χ0v) is 13.7. The number of phenols is 2. The second-order valence-corrected chi connectivity index (χ2v) is 6.46. The zero-order valence-electron chi connectivity index (χ0n) is 13.7. The summed E-state index contributed by atoms with van der Waals surface area (Å²) in [6.45, 7) is 3.00. The minimum atomic E-state index is -0.361. The molecule has 0 bridgehead atoms. The summed E-state index contributed by atoms with van der Waals surface area (Å²) >= 11 is 0. The molecule has 0 amide bonds. The normalized spacial score (nSPS) is 20.0. The molecule has 1 aliphatic rings. The molecule has 0 saturated heterocycles. The van der Waals surface area contributed by atoms with E-state index in [1.807, 2.05) is 0 Å². The topological polar surface area (TPSA) is 52.5 Å². The first-order valence-electron chi connectivity index (χ1n) is 8.44. The van der Waals surface area contributed by atoms with Crippen LogP contribution in [0.25, 0.3) is 10.8 Å². The molecule has 3 aromatic carbocycles. The summed E-state index contributed by atoms with van der Waals surface area (Å²) in [6.07, 6.45) is 1.70. The van der Waals surface area contributed by atoms with E-state index >= 15 is 0 Å². The molecule has 0 aromatic heterocycles. The van der Waals surface area contributed by atoms with E-state index in [0.717, 1.165) is 30.5 Å². The molecule has 0 aliphatic carbocycles. The summed E-state index contributed by atoms with van der Waals surface area (Å²) in [7, 11) is 0. The number of nitrogens with one attached hydrogen (secondary N) is 1. The Kier molecular flexibility index (Phi) is 3.47. The highest BCUT2D eigenvalue weighted by Gasteiger charge is 2.38. The molecule has 122 valence electrons. The molecular weight excluding hydrogens is 298 g/mol. The highest BCUT2D eigenvalue weighted by molar-refractivity contribution is 5.87. The molecule has 0 radical (unpaired) electrons. The van der Waals surface area contributed by atoms with Crippen LogP contribution in [0.5, 0.6) is 11.5 Å². The van der Waals surface area contributed by atoms with Gasteiger partial charge in [0.25, 0.3) is 0 Å². The maximum Gasteiger partial charge on any atom is 0.157 e. The standard InChI is InChI=1S/C21H21NO2/c1-2-21(17-9-5-7-14-6-3-4-8-16(14)17)18-13-20(24)19(23)12-15(18)10-11-22-21/h3-9,12-13,22-24H,2,10-11H2,1H3. The Morgan fingerprint density at radius 2 is 1.71 bits per heavy atom. The highest BCUT2D eigenvalue weighted by atomic mass is 16.3. The summed E-state index contributed by atoms with van der Waals surface area (Å²) in [5.41, 5.74) is 3.01. The maximum absolute atomic E-state index is 10.1. The molecule has 1 heterocycles. The molecule has 0 saturated carbocycles. The minimum Gasteiger partial charge on any atom is -0.504 e. The number of benzene rings is 3. The smallest absolute Gasteiger partial charge is 0.157 e. The average molecular weight is 319 g/mol. The third-order valence-electron chi connectivity index (χ3n) is 5.26. The highest BCUT2D eigenvalue weighted by Crippen LogP contribution is 2.43. The lowest BCUT2D eigenvalue weighted by atomic mass is 9.74. The van der Waals surface area contributed by atoms with Crippen molar-refractivity contribution < 1.29 is 10.2 Å². The molecule has 3 nitrogen and oxygen atoms in total. The predicted octanol–water partition coefficient (Wildman–Crippen LogP) is 4.05. The van der Waals surface area contributed by atoms with Gasteiger partial charge in [0.05, 0.1) is 5.54 Å². The second kappa shape index (κ2) is 5.53. The third-order valence-corrected chi connectivity index (χ3v) is 5.26. The molecule has 4 rings (SSSR count). The number of rotatable bonds is 2. The van der Waals surface area contributed by atoms with Crippen LogP contribution in [0.15, 0.2) is 54.6 Å². The van der Waals surface area contributed by atoms with Gasteiger partial charge in [-0.15, -0.1) is 0 Å². The number of phenolic OH excluding ortho intramolecular Hbond substituents is 2. The molecule has 1 atom stereocenters. The summed E-state index contributed by atoms with van der Waals surface area (Å²) in [5.74, 6) is -0.103. The molecule has 24 heavy (non-hydrogen) atoms. The summed E-state index contributed by atoms with van der Waals surface area (Å²) in [4.78, 5) is 0. The first-order valence-corrected chi connectivity index (χ1v) is 8.44. The van der Waals surface area contributed by atoms with Crippen molar-refractivity contribution in [3.8, 4) is 11.5 Å². The van der Waals surface area contributed by atoms with Gasteiger partial charge in [-0.1, -0.05) is 49.4 Å². The lowest BCUT2D eigenvalue weighted by Crippen LogP contribution is -2.47. The minimum absolute atomic E-state index is 0.0430. The van der Waals surface area contributed by atoms with Crippen molar-refractivity contribution in [3.63, 3.8) is 0 Å². The first-order chi connectivity index (χ1) is 11.7. The molecule has 1 aliphatic heterocycles. The number of fused-ring (bicyclic) bond motifs is 2. The molecular formula is C21H21NO2. The van der Waals surface area contributed by atoms with Gasteiger partial charge in [-0.25, -0.2) is 0 Å². The molecule has 0 spiro atoms. The lowest BCUT2D eigenvalue weighted by Gasteiger charge is -2.41. The van der Waals surface area contributed by atoms with Crippen molar-refractivity contribution in [2.24, 2.45) is 0 Å². The third kappa shape index (κ3) is 2.09. The van der Waals surface area contributed by atoms with E-state index in [-0.39, 0.29) is 17.0 Å². The molecule has 1 unspecified atom stereocenters. The zero-order chi connectivity index (χ0) is 16.7. The van der Waals surface area contributed by atoms with Gasteiger partial charge in [-0.2, -0.15) is 0 Å². The van der Waals surface area contributed by atoms with Crippen molar-refractivity contribution >= 4 is 10.8 Å². The van der Waals surface area contributed by atoms with E-state index in [1.54, 1.807) is 12.1 Å². The largest absolute Gasteiger partial charge is 0.504 e. The van der Waals surface area contributed by atoms with Crippen LogP contribution >= 0.6 is 0 Å². The number of hydrogen-bond acceptors (Lipinski definition) is 3. The number of aromatic hydroxyl groups is 2. The van der Waals surface area contributed by atoms with Crippen LogP contribution in [-0.2, 0) is 12.0 Å². The van der Waals surface area contributed by atoms with Crippen molar-refractivity contribution in [1.82, 2.24) is 5.32 Å². The molecule has 3 N–H and O–H groups in total. The Bertz CT molecular complexity index is 914. The maximum atomic E-state index is 10.1. The monoisotopic (exact) mass is 319 g/mol.